The molecular formula is C22H25NO3. The van der Waals surface area contributed by atoms with Crippen LogP contribution < -0.4 is 10.5 Å². The molecule has 3 N–H and O–H groups in total. The number of ketones is 1. The Morgan fingerprint density at radius 3 is 2.54 bits per heavy atom. The lowest BCUT2D eigenvalue weighted by Gasteiger charge is -2.15. The molecular weight excluding hydrogens is 326 g/mol. The summed E-state index contributed by atoms with van der Waals surface area (Å²) in [6.45, 7) is 5.76. The SMILES string of the molecule is CC=CCc1cc(C=CC(=O)c2ccc(N)cc2)c(OC(C)C)cc1O. The Hall–Kier alpha value is -3.01. The summed E-state index contributed by atoms with van der Waals surface area (Å²) in [5.74, 6) is 0.604. The standard InChI is InChI=1S/C22H25NO3/c1-4-5-6-17-13-18(22(14-21(17)25)26-15(2)3)9-12-20(24)16-7-10-19(23)11-8-16/h4-5,7-15,25H,6,23H2,1-3H3. The van der Waals surface area contributed by atoms with Crippen molar-refractivity contribution < 1.29 is 14.6 Å². The third-order valence-electron chi connectivity index (χ3n) is 3.76. The molecule has 0 radical (unpaired) electrons. The Balaban J connectivity index is 2.34. The first-order valence-corrected chi connectivity index (χ1v) is 8.62. The lowest BCUT2D eigenvalue weighted by Crippen LogP contribution is -2.07. The average Bonchev–Trinajstić information content (AvgIpc) is 2.60. The number of hydrogen-bond acceptors (Lipinski definition) is 4. The fourth-order valence-electron chi connectivity index (χ4n) is 2.44. The van der Waals surface area contributed by atoms with Crippen molar-refractivity contribution in [2.24, 2.45) is 0 Å². The molecule has 0 aromatic heterocycles. The quantitative estimate of drug-likeness (QED) is 0.326. The van der Waals surface area contributed by atoms with Crippen LogP contribution in [0.2, 0.25) is 0 Å². The Bertz CT molecular complexity index is 818. The Morgan fingerprint density at radius 1 is 1.23 bits per heavy atom. The second-order valence-corrected chi connectivity index (χ2v) is 6.28. The first kappa shape index (κ1) is 19.3. The van der Waals surface area contributed by atoms with Crippen molar-refractivity contribution in [3.8, 4) is 11.5 Å². The number of phenols is 1. The summed E-state index contributed by atoms with van der Waals surface area (Å²) in [6.07, 6.45) is 7.68. The maximum absolute atomic E-state index is 12.4. The number of ether oxygens (including phenoxy) is 1. The zero-order valence-corrected chi connectivity index (χ0v) is 15.4. The van der Waals surface area contributed by atoms with Gasteiger partial charge in [0.25, 0.3) is 0 Å². The van der Waals surface area contributed by atoms with Crippen molar-refractivity contribution in [3.63, 3.8) is 0 Å². The molecule has 0 atom stereocenters. The molecule has 0 spiro atoms. The third-order valence-corrected chi connectivity index (χ3v) is 3.76. The average molecular weight is 351 g/mol. The van der Waals surface area contributed by atoms with Crippen molar-refractivity contribution in [2.45, 2.75) is 33.3 Å². The number of carbonyl (C=O) groups is 1. The van der Waals surface area contributed by atoms with Gasteiger partial charge in [0, 0.05) is 22.9 Å². The van der Waals surface area contributed by atoms with E-state index in [0.29, 0.717) is 23.4 Å². The van der Waals surface area contributed by atoms with Crippen molar-refractivity contribution >= 4 is 17.5 Å². The number of benzene rings is 2. The Kier molecular flexibility index (Phi) is 6.61. The number of allylic oxidation sites excluding steroid dienone is 3. The van der Waals surface area contributed by atoms with Gasteiger partial charge in [0.05, 0.1) is 6.10 Å². The number of nitrogen functional groups attached to an aromatic ring is 1. The number of phenolic OH excluding ortho intramolecular Hbond substituents is 1. The normalized spacial score (nSPS) is 11.5. The maximum atomic E-state index is 12.4. The molecule has 0 unspecified atom stereocenters. The summed E-state index contributed by atoms with van der Waals surface area (Å²) in [5, 5.41) is 10.2. The Morgan fingerprint density at radius 2 is 1.92 bits per heavy atom. The number of aromatic hydroxyl groups is 1. The summed E-state index contributed by atoms with van der Waals surface area (Å²) in [5.41, 5.74) is 8.36. The molecule has 2 aromatic rings. The minimum Gasteiger partial charge on any atom is -0.508 e. The Labute approximate surface area is 154 Å². The van der Waals surface area contributed by atoms with E-state index in [0.717, 1.165) is 11.1 Å². The van der Waals surface area contributed by atoms with Crippen LogP contribution in [-0.4, -0.2) is 17.0 Å². The van der Waals surface area contributed by atoms with E-state index in [1.165, 1.54) is 6.08 Å². The summed E-state index contributed by atoms with van der Waals surface area (Å²) in [7, 11) is 0. The smallest absolute Gasteiger partial charge is 0.185 e. The van der Waals surface area contributed by atoms with Crippen LogP contribution in [-0.2, 0) is 6.42 Å². The van der Waals surface area contributed by atoms with E-state index in [4.69, 9.17) is 10.5 Å². The molecule has 0 fully saturated rings. The van der Waals surface area contributed by atoms with Gasteiger partial charge in [-0.2, -0.15) is 0 Å². The second-order valence-electron chi connectivity index (χ2n) is 6.28. The van der Waals surface area contributed by atoms with Crippen LogP contribution in [0.15, 0.2) is 54.6 Å². The van der Waals surface area contributed by atoms with Crippen LogP contribution in [0.5, 0.6) is 11.5 Å². The van der Waals surface area contributed by atoms with Gasteiger partial charge in [0.15, 0.2) is 5.78 Å². The predicted molar refractivity (Wildman–Crippen MR) is 107 cm³/mol. The van der Waals surface area contributed by atoms with E-state index >= 15 is 0 Å². The van der Waals surface area contributed by atoms with Gasteiger partial charge in [0.2, 0.25) is 0 Å². The minimum atomic E-state index is -0.122. The van der Waals surface area contributed by atoms with Crippen LogP contribution in [0.3, 0.4) is 0 Å². The van der Waals surface area contributed by atoms with Gasteiger partial charge in [-0.1, -0.05) is 12.2 Å². The van der Waals surface area contributed by atoms with Gasteiger partial charge in [-0.25, -0.2) is 0 Å². The van der Waals surface area contributed by atoms with Gasteiger partial charge in [0.1, 0.15) is 11.5 Å². The highest BCUT2D eigenvalue weighted by Crippen LogP contribution is 2.31. The molecule has 26 heavy (non-hydrogen) atoms. The van der Waals surface area contributed by atoms with E-state index < -0.39 is 0 Å². The summed E-state index contributed by atoms with van der Waals surface area (Å²) in [4.78, 5) is 12.4. The number of hydrogen-bond donors (Lipinski definition) is 2. The van der Waals surface area contributed by atoms with Crippen LogP contribution in [0.4, 0.5) is 5.69 Å². The molecule has 2 rings (SSSR count). The fourth-order valence-corrected chi connectivity index (χ4v) is 2.44. The molecule has 0 amide bonds. The molecule has 136 valence electrons. The number of rotatable bonds is 7. The molecule has 4 heteroatoms. The maximum Gasteiger partial charge on any atom is 0.185 e. The van der Waals surface area contributed by atoms with Crippen molar-refractivity contribution in [1.29, 1.82) is 0 Å². The number of nitrogens with two attached hydrogens (primary N) is 1. The van der Waals surface area contributed by atoms with E-state index in [-0.39, 0.29) is 17.6 Å². The third kappa shape index (κ3) is 5.24. The van der Waals surface area contributed by atoms with Crippen LogP contribution in [0, 0.1) is 0 Å². The second kappa shape index (κ2) is 8.90. The molecule has 0 saturated carbocycles. The number of anilines is 1. The molecule has 2 aromatic carbocycles. The van der Waals surface area contributed by atoms with E-state index in [9.17, 15) is 9.90 Å². The minimum absolute atomic E-state index is 0.0456. The van der Waals surface area contributed by atoms with Crippen molar-refractivity contribution in [3.05, 3.63) is 71.3 Å². The van der Waals surface area contributed by atoms with E-state index in [1.807, 2.05) is 39.0 Å². The highest BCUT2D eigenvalue weighted by molar-refractivity contribution is 6.07. The molecule has 4 nitrogen and oxygen atoms in total. The summed E-state index contributed by atoms with van der Waals surface area (Å²) >= 11 is 0. The number of carbonyl (C=O) groups excluding carboxylic acids is 1. The summed E-state index contributed by atoms with van der Waals surface area (Å²) < 4.78 is 5.78. The highest BCUT2D eigenvalue weighted by atomic mass is 16.5. The van der Waals surface area contributed by atoms with E-state index in [2.05, 4.69) is 0 Å². The van der Waals surface area contributed by atoms with Crippen LogP contribution in [0.25, 0.3) is 6.08 Å². The lowest BCUT2D eigenvalue weighted by atomic mass is 10.0. The molecule has 0 aliphatic heterocycles. The topological polar surface area (TPSA) is 72.6 Å². The molecule has 0 bridgehead atoms. The van der Waals surface area contributed by atoms with Crippen molar-refractivity contribution in [1.82, 2.24) is 0 Å². The zero-order chi connectivity index (χ0) is 19.1. The van der Waals surface area contributed by atoms with Gasteiger partial charge in [-0.05, 0) is 75.2 Å². The molecule has 0 aliphatic carbocycles. The molecule has 0 aliphatic rings. The van der Waals surface area contributed by atoms with Gasteiger partial charge in [-0.15, -0.1) is 0 Å². The fraction of sp³-hybridized carbons (Fsp3) is 0.227. The molecule has 0 saturated heterocycles. The van der Waals surface area contributed by atoms with Gasteiger partial charge < -0.3 is 15.6 Å². The molecule has 0 heterocycles. The van der Waals surface area contributed by atoms with E-state index in [1.54, 1.807) is 36.4 Å². The van der Waals surface area contributed by atoms with Gasteiger partial charge in [-0.3, -0.25) is 4.79 Å². The highest BCUT2D eigenvalue weighted by Gasteiger charge is 2.10. The van der Waals surface area contributed by atoms with Crippen molar-refractivity contribution in [2.75, 3.05) is 5.73 Å². The predicted octanol–water partition coefficient (Wildman–Crippen LogP) is 4.78. The first-order chi connectivity index (χ1) is 12.4. The lowest BCUT2D eigenvalue weighted by molar-refractivity contribution is 0.104. The van der Waals surface area contributed by atoms with Crippen LogP contribution >= 0.6 is 0 Å². The van der Waals surface area contributed by atoms with Crippen LogP contribution in [0.1, 0.15) is 42.3 Å². The summed E-state index contributed by atoms with van der Waals surface area (Å²) in [6, 6.07) is 10.2. The first-order valence-electron chi connectivity index (χ1n) is 8.62. The largest absolute Gasteiger partial charge is 0.508 e. The zero-order valence-electron chi connectivity index (χ0n) is 15.4. The monoisotopic (exact) mass is 351 g/mol. The van der Waals surface area contributed by atoms with Gasteiger partial charge >= 0.3 is 0 Å².